The maximum Gasteiger partial charge on any atom is 0.246 e. The highest BCUT2D eigenvalue weighted by Crippen LogP contribution is 2.23. The Morgan fingerprint density at radius 2 is 2.00 bits per heavy atom. The van der Waals surface area contributed by atoms with E-state index in [2.05, 4.69) is 10.3 Å². The van der Waals surface area contributed by atoms with Crippen molar-refractivity contribution in [1.82, 2.24) is 9.29 Å². The fourth-order valence-electron chi connectivity index (χ4n) is 1.83. The molecule has 0 saturated heterocycles. The minimum Gasteiger partial charge on any atom is -0.384 e. The Hall–Kier alpha value is -1.14. The molecule has 0 aliphatic heterocycles. The third-order valence-electron chi connectivity index (χ3n) is 2.79. The zero-order chi connectivity index (χ0) is 14.3. The fourth-order valence-corrected chi connectivity index (χ4v) is 3.48. The SMILES string of the molecule is CCCNc1ccncc1S(=O)(=O)N(CC)CCC. The lowest BCUT2D eigenvalue weighted by molar-refractivity contribution is 0.427. The van der Waals surface area contributed by atoms with Gasteiger partial charge < -0.3 is 5.32 Å². The third-order valence-corrected chi connectivity index (χ3v) is 4.80. The van der Waals surface area contributed by atoms with Gasteiger partial charge in [0.1, 0.15) is 4.90 Å². The molecule has 1 aromatic rings. The predicted molar refractivity (Wildman–Crippen MR) is 77.7 cm³/mol. The largest absolute Gasteiger partial charge is 0.384 e. The number of nitrogens with one attached hydrogen (secondary N) is 1. The number of aromatic nitrogens is 1. The fraction of sp³-hybridized carbons (Fsp3) is 0.615. The molecular formula is C13H23N3O2S. The average molecular weight is 285 g/mol. The van der Waals surface area contributed by atoms with Crippen molar-refractivity contribution in [3.8, 4) is 0 Å². The van der Waals surface area contributed by atoms with Gasteiger partial charge in [-0.3, -0.25) is 4.98 Å². The van der Waals surface area contributed by atoms with Crippen LogP contribution in [-0.2, 0) is 10.0 Å². The van der Waals surface area contributed by atoms with Gasteiger partial charge in [0, 0.05) is 32.0 Å². The Morgan fingerprint density at radius 3 is 2.58 bits per heavy atom. The molecule has 1 rings (SSSR count). The lowest BCUT2D eigenvalue weighted by Crippen LogP contribution is -2.32. The summed E-state index contributed by atoms with van der Waals surface area (Å²) in [5, 5.41) is 3.14. The molecule has 0 unspecified atom stereocenters. The van der Waals surface area contributed by atoms with E-state index >= 15 is 0 Å². The molecule has 5 nitrogen and oxygen atoms in total. The first-order valence-electron chi connectivity index (χ1n) is 6.75. The Kier molecular flexibility index (Phi) is 6.24. The van der Waals surface area contributed by atoms with Crippen LogP contribution < -0.4 is 5.32 Å². The quantitative estimate of drug-likeness (QED) is 0.796. The molecule has 0 bridgehead atoms. The molecule has 1 heterocycles. The second kappa shape index (κ2) is 7.45. The summed E-state index contributed by atoms with van der Waals surface area (Å²) in [6.07, 6.45) is 4.76. The zero-order valence-corrected chi connectivity index (χ0v) is 12.7. The topological polar surface area (TPSA) is 62.3 Å². The molecule has 1 N–H and O–H groups in total. The molecule has 0 amide bonds. The summed E-state index contributed by atoms with van der Waals surface area (Å²) in [5.74, 6) is 0. The van der Waals surface area contributed by atoms with E-state index in [0.29, 0.717) is 18.8 Å². The Morgan fingerprint density at radius 1 is 1.26 bits per heavy atom. The molecule has 0 aliphatic carbocycles. The number of hydrogen-bond donors (Lipinski definition) is 1. The molecule has 1 aromatic heterocycles. The van der Waals surface area contributed by atoms with Crippen molar-refractivity contribution in [2.45, 2.75) is 38.5 Å². The second-order valence-electron chi connectivity index (χ2n) is 4.30. The zero-order valence-electron chi connectivity index (χ0n) is 11.9. The summed E-state index contributed by atoms with van der Waals surface area (Å²) in [6, 6.07) is 1.71. The van der Waals surface area contributed by atoms with E-state index < -0.39 is 10.0 Å². The highest BCUT2D eigenvalue weighted by Gasteiger charge is 2.25. The van der Waals surface area contributed by atoms with Crippen LogP contribution in [0.3, 0.4) is 0 Å². The van der Waals surface area contributed by atoms with E-state index in [4.69, 9.17) is 0 Å². The summed E-state index contributed by atoms with van der Waals surface area (Å²) >= 11 is 0. The number of rotatable bonds is 8. The van der Waals surface area contributed by atoms with Gasteiger partial charge in [0.05, 0.1) is 5.69 Å². The standard InChI is InChI=1S/C13H23N3O2S/c1-4-8-15-12-7-9-14-11-13(12)19(17,18)16(6-3)10-5-2/h7,9,11H,4-6,8,10H2,1-3H3,(H,14,15). The van der Waals surface area contributed by atoms with Crippen LogP contribution in [0.5, 0.6) is 0 Å². The van der Waals surface area contributed by atoms with Crippen molar-refractivity contribution in [1.29, 1.82) is 0 Å². The Bertz CT molecular complexity index is 488. The van der Waals surface area contributed by atoms with Crippen LogP contribution in [0.1, 0.15) is 33.6 Å². The summed E-state index contributed by atoms with van der Waals surface area (Å²) < 4.78 is 26.7. The lowest BCUT2D eigenvalue weighted by Gasteiger charge is -2.21. The van der Waals surface area contributed by atoms with Gasteiger partial charge in [0.25, 0.3) is 0 Å². The number of nitrogens with zero attached hydrogens (tertiary/aromatic N) is 2. The first-order valence-corrected chi connectivity index (χ1v) is 8.19. The first kappa shape index (κ1) is 15.9. The molecule has 0 saturated carbocycles. The van der Waals surface area contributed by atoms with Crippen LogP contribution in [0.4, 0.5) is 5.69 Å². The lowest BCUT2D eigenvalue weighted by atomic mass is 10.4. The van der Waals surface area contributed by atoms with Gasteiger partial charge in [-0.1, -0.05) is 20.8 Å². The van der Waals surface area contributed by atoms with E-state index in [0.717, 1.165) is 19.4 Å². The van der Waals surface area contributed by atoms with Crippen LogP contribution in [0, 0.1) is 0 Å². The number of hydrogen-bond acceptors (Lipinski definition) is 4. The number of sulfonamides is 1. The highest BCUT2D eigenvalue weighted by atomic mass is 32.2. The highest BCUT2D eigenvalue weighted by molar-refractivity contribution is 7.89. The van der Waals surface area contributed by atoms with Crippen molar-refractivity contribution in [3.05, 3.63) is 18.5 Å². The average Bonchev–Trinajstić information content (AvgIpc) is 2.42. The maximum atomic E-state index is 12.6. The molecule has 6 heteroatoms. The van der Waals surface area contributed by atoms with Crippen molar-refractivity contribution >= 4 is 15.7 Å². The molecule has 108 valence electrons. The van der Waals surface area contributed by atoms with Gasteiger partial charge in [0.15, 0.2) is 0 Å². The predicted octanol–water partition coefficient (Wildman–Crippen LogP) is 2.32. The molecule has 0 aromatic carbocycles. The van der Waals surface area contributed by atoms with E-state index in [9.17, 15) is 8.42 Å². The molecule has 0 atom stereocenters. The first-order chi connectivity index (χ1) is 9.07. The maximum absolute atomic E-state index is 12.6. The van der Waals surface area contributed by atoms with E-state index in [-0.39, 0.29) is 4.90 Å². The summed E-state index contributed by atoms with van der Waals surface area (Å²) in [6.45, 7) is 7.60. The van der Waals surface area contributed by atoms with E-state index in [1.165, 1.54) is 10.5 Å². The van der Waals surface area contributed by atoms with Crippen LogP contribution in [-0.4, -0.2) is 37.3 Å². The normalized spacial score (nSPS) is 11.8. The summed E-state index contributed by atoms with van der Waals surface area (Å²) in [7, 11) is -3.47. The van der Waals surface area contributed by atoms with Gasteiger partial charge >= 0.3 is 0 Å². The third kappa shape index (κ3) is 3.91. The minimum absolute atomic E-state index is 0.263. The molecular weight excluding hydrogens is 262 g/mol. The molecule has 0 radical (unpaired) electrons. The number of anilines is 1. The van der Waals surface area contributed by atoms with Gasteiger partial charge in [-0.2, -0.15) is 4.31 Å². The van der Waals surface area contributed by atoms with Crippen molar-refractivity contribution in [3.63, 3.8) is 0 Å². The molecule has 0 aliphatic rings. The second-order valence-corrected chi connectivity index (χ2v) is 6.20. The van der Waals surface area contributed by atoms with Crippen LogP contribution in [0.25, 0.3) is 0 Å². The Labute approximate surface area is 116 Å². The summed E-state index contributed by atoms with van der Waals surface area (Å²) in [5.41, 5.74) is 0.631. The Balaban J connectivity index is 3.12. The number of pyridine rings is 1. The summed E-state index contributed by atoms with van der Waals surface area (Å²) in [4.78, 5) is 4.21. The van der Waals surface area contributed by atoms with Gasteiger partial charge in [0.2, 0.25) is 10.0 Å². The van der Waals surface area contributed by atoms with Crippen LogP contribution in [0.15, 0.2) is 23.4 Å². The van der Waals surface area contributed by atoms with E-state index in [1.54, 1.807) is 12.3 Å². The van der Waals surface area contributed by atoms with Crippen molar-refractivity contribution < 1.29 is 8.42 Å². The van der Waals surface area contributed by atoms with Crippen LogP contribution >= 0.6 is 0 Å². The van der Waals surface area contributed by atoms with E-state index in [1.807, 2.05) is 20.8 Å². The minimum atomic E-state index is -3.47. The van der Waals surface area contributed by atoms with Gasteiger partial charge in [-0.05, 0) is 18.9 Å². The molecule has 0 fully saturated rings. The van der Waals surface area contributed by atoms with Crippen molar-refractivity contribution in [2.24, 2.45) is 0 Å². The molecule has 19 heavy (non-hydrogen) atoms. The smallest absolute Gasteiger partial charge is 0.246 e. The van der Waals surface area contributed by atoms with Gasteiger partial charge in [-0.15, -0.1) is 0 Å². The van der Waals surface area contributed by atoms with Gasteiger partial charge in [-0.25, -0.2) is 8.42 Å². The van der Waals surface area contributed by atoms with Crippen molar-refractivity contribution in [2.75, 3.05) is 25.0 Å². The molecule has 0 spiro atoms. The van der Waals surface area contributed by atoms with Crippen LogP contribution in [0.2, 0.25) is 0 Å². The monoisotopic (exact) mass is 285 g/mol.